The minimum absolute atomic E-state index is 0.0153. The summed E-state index contributed by atoms with van der Waals surface area (Å²) in [5.41, 5.74) is 13.3. The molecule has 0 spiro atoms. The van der Waals surface area contributed by atoms with E-state index in [9.17, 15) is 0 Å². The van der Waals surface area contributed by atoms with E-state index in [1.165, 1.54) is 6.04 Å². The van der Waals surface area contributed by atoms with Gasteiger partial charge < -0.3 is 15.9 Å². The zero-order valence-electron chi connectivity index (χ0n) is 8.75. The third-order valence-electron chi connectivity index (χ3n) is 3.51. The van der Waals surface area contributed by atoms with Gasteiger partial charge in [0, 0.05) is 15.2 Å². The van der Waals surface area contributed by atoms with Crippen molar-refractivity contribution in [1.82, 2.24) is 0 Å². The normalized spacial score (nSPS) is 37.8. The third-order valence-corrected chi connectivity index (χ3v) is 29.1. The molecule has 1 rings (SSSR count). The molecule has 4 N–H and O–H groups in total. The molecule has 1 aliphatic heterocycles. The van der Waals surface area contributed by atoms with E-state index in [2.05, 4.69) is 13.8 Å². The molecule has 1 aliphatic rings. The van der Waals surface area contributed by atoms with Gasteiger partial charge >= 0.3 is 0 Å². The van der Waals surface area contributed by atoms with Gasteiger partial charge in [0.2, 0.25) is 0 Å². The first-order valence-electron chi connectivity index (χ1n) is 5.22. The number of rotatable bonds is 3. The zero-order chi connectivity index (χ0) is 9.90. The van der Waals surface area contributed by atoms with Crippen molar-refractivity contribution < 1.29 is 4.43 Å². The van der Waals surface area contributed by atoms with E-state index in [4.69, 9.17) is 15.9 Å². The minimum atomic E-state index is -1.23. The van der Waals surface area contributed by atoms with Crippen LogP contribution in [0.15, 0.2) is 0 Å². The van der Waals surface area contributed by atoms with E-state index in [0.29, 0.717) is 11.3 Å². The van der Waals surface area contributed by atoms with E-state index in [-0.39, 0.29) is 17.8 Å². The molecule has 0 bridgehead atoms. The van der Waals surface area contributed by atoms with Crippen LogP contribution in [0.25, 0.3) is 0 Å². The maximum Gasteiger partial charge on any atom is 0.141 e. The first kappa shape index (κ1) is 11.6. The first-order valence-corrected chi connectivity index (χ1v) is 14.5. The van der Waals surface area contributed by atoms with Gasteiger partial charge in [-0.3, -0.25) is 0 Å². The molecule has 78 valence electrons. The Morgan fingerprint density at radius 1 is 1.54 bits per heavy atom. The second-order valence-electron chi connectivity index (χ2n) is 4.15. The topological polar surface area (TPSA) is 61.3 Å². The van der Waals surface area contributed by atoms with Gasteiger partial charge in [-0.25, -0.2) is 0 Å². The van der Waals surface area contributed by atoms with Crippen molar-refractivity contribution in [3.05, 3.63) is 0 Å². The molecule has 13 heavy (non-hydrogen) atoms. The predicted molar refractivity (Wildman–Crippen MR) is 65.5 cm³/mol. The summed E-state index contributed by atoms with van der Waals surface area (Å²) in [6.07, 6.45) is 1.12. The molecule has 3 unspecified atom stereocenters. The maximum atomic E-state index is 6.27. The van der Waals surface area contributed by atoms with E-state index in [1.807, 2.05) is 0 Å². The number of hydrogen-bond donors (Lipinski definition) is 2. The standard InChI is InChI=1S/C7H22N2OSi3/c1-3-7(9)13(6(2)8)5-4-10-11-12-13/h6-7H,3-5,8-9,11-12H2,1-2H3. The van der Waals surface area contributed by atoms with Crippen LogP contribution >= 0.6 is 0 Å². The lowest BCUT2D eigenvalue weighted by molar-refractivity contribution is 0.363. The van der Waals surface area contributed by atoms with E-state index in [0.717, 1.165) is 13.0 Å². The van der Waals surface area contributed by atoms with Gasteiger partial charge in [0.15, 0.2) is 0 Å². The molecule has 0 aromatic heterocycles. The number of hydrogen-bond acceptors (Lipinski definition) is 3. The molecule has 0 radical (unpaired) electrons. The predicted octanol–water partition coefficient (Wildman–Crippen LogP) is -1.71. The molecule has 0 aromatic rings. The van der Waals surface area contributed by atoms with Gasteiger partial charge in [0.1, 0.15) is 9.28 Å². The van der Waals surface area contributed by atoms with Gasteiger partial charge in [-0.2, -0.15) is 0 Å². The summed E-state index contributed by atoms with van der Waals surface area (Å²) in [7, 11) is -1.37. The average molecular weight is 235 g/mol. The molecule has 0 saturated carbocycles. The third kappa shape index (κ3) is 2.31. The van der Waals surface area contributed by atoms with Gasteiger partial charge in [0.05, 0.1) is 7.59 Å². The van der Waals surface area contributed by atoms with Crippen LogP contribution in [0.2, 0.25) is 6.04 Å². The van der Waals surface area contributed by atoms with Crippen LogP contribution in [-0.2, 0) is 4.43 Å². The van der Waals surface area contributed by atoms with Crippen LogP contribution in [0.1, 0.15) is 20.3 Å². The van der Waals surface area contributed by atoms with E-state index >= 15 is 0 Å². The fourth-order valence-corrected chi connectivity index (χ4v) is 28.5. The van der Waals surface area contributed by atoms with Crippen LogP contribution in [0.5, 0.6) is 0 Å². The molecule has 0 aliphatic carbocycles. The summed E-state index contributed by atoms with van der Waals surface area (Å²) in [6, 6.07) is 1.25. The highest BCUT2D eigenvalue weighted by Gasteiger charge is 2.43. The molecular formula is C7H22N2OSi3. The van der Waals surface area contributed by atoms with Crippen molar-refractivity contribution >= 4 is 25.4 Å². The molecule has 1 saturated heterocycles. The van der Waals surface area contributed by atoms with Gasteiger partial charge in [-0.05, 0) is 23.8 Å². The Hall–Kier alpha value is 0.531. The summed E-state index contributed by atoms with van der Waals surface area (Å²) in [6.45, 7) is 5.36. The average Bonchev–Trinajstić information content (AvgIpc) is 2.17. The van der Waals surface area contributed by atoms with Crippen molar-refractivity contribution in [2.45, 2.75) is 37.6 Å². The lowest BCUT2D eigenvalue weighted by atomic mass is 10.5. The highest BCUT2D eigenvalue weighted by Crippen LogP contribution is 2.20. The fourth-order valence-electron chi connectivity index (χ4n) is 2.32. The Balaban J connectivity index is 2.72. The lowest BCUT2D eigenvalue weighted by Crippen LogP contribution is -2.70. The SMILES string of the molecule is CCC(N)[Si]1(C(C)N)CCO[SiH2][SiH2]1. The van der Waals surface area contributed by atoms with Gasteiger partial charge in [-0.1, -0.05) is 13.8 Å². The van der Waals surface area contributed by atoms with Crippen molar-refractivity contribution in [2.75, 3.05) is 6.61 Å². The van der Waals surface area contributed by atoms with E-state index < -0.39 is 7.59 Å². The highest BCUT2D eigenvalue weighted by atomic mass is 29.6. The summed E-state index contributed by atoms with van der Waals surface area (Å²) < 4.78 is 5.59. The number of nitrogens with two attached hydrogens (primary N) is 2. The Morgan fingerprint density at radius 2 is 2.23 bits per heavy atom. The van der Waals surface area contributed by atoms with Crippen LogP contribution in [0.3, 0.4) is 0 Å². The quantitative estimate of drug-likeness (QED) is 0.572. The Labute approximate surface area is 85.9 Å². The van der Waals surface area contributed by atoms with Crippen LogP contribution in [0.4, 0.5) is 0 Å². The van der Waals surface area contributed by atoms with Crippen molar-refractivity contribution in [1.29, 1.82) is 0 Å². The summed E-state index contributed by atoms with van der Waals surface area (Å²) in [5, 5.41) is 0. The summed E-state index contributed by atoms with van der Waals surface area (Å²) in [5.74, 6) is 0. The van der Waals surface area contributed by atoms with Crippen molar-refractivity contribution in [3.8, 4) is 0 Å². The van der Waals surface area contributed by atoms with Crippen LogP contribution < -0.4 is 11.5 Å². The van der Waals surface area contributed by atoms with Gasteiger partial charge in [-0.15, -0.1) is 0 Å². The molecule has 0 amide bonds. The smallest absolute Gasteiger partial charge is 0.141 e. The molecule has 3 atom stereocenters. The fraction of sp³-hybridized carbons (Fsp3) is 1.00. The molecular weight excluding hydrogens is 212 g/mol. The van der Waals surface area contributed by atoms with Gasteiger partial charge in [0.25, 0.3) is 0 Å². The van der Waals surface area contributed by atoms with Crippen LogP contribution in [-0.4, -0.2) is 43.4 Å². The molecule has 1 fully saturated rings. The Bertz CT molecular complexity index is 162. The largest absolute Gasteiger partial charge is 0.428 e. The van der Waals surface area contributed by atoms with E-state index in [1.54, 1.807) is 0 Å². The first-order chi connectivity index (χ1) is 6.13. The molecule has 0 aromatic carbocycles. The van der Waals surface area contributed by atoms with Crippen LogP contribution in [0, 0.1) is 0 Å². The molecule has 3 nitrogen and oxygen atoms in total. The Morgan fingerprint density at radius 3 is 2.62 bits per heavy atom. The molecule has 6 heteroatoms. The Kier molecular flexibility index (Phi) is 4.33. The summed E-state index contributed by atoms with van der Waals surface area (Å²) in [4.78, 5) is 0. The minimum Gasteiger partial charge on any atom is -0.428 e. The molecule has 1 heterocycles. The highest BCUT2D eigenvalue weighted by molar-refractivity contribution is 7.43. The summed E-state index contributed by atoms with van der Waals surface area (Å²) >= 11 is 0. The van der Waals surface area contributed by atoms with Crippen molar-refractivity contribution in [2.24, 2.45) is 11.5 Å². The van der Waals surface area contributed by atoms with Crippen molar-refractivity contribution in [3.63, 3.8) is 0 Å². The second kappa shape index (κ2) is 4.85. The lowest BCUT2D eigenvalue weighted by Gasteiger charge is -2.42. The maximum absolute atomic E-state index is 6.27. The second-order valence-corrected chi connectivity index (χ2v) is 21.3. The monoisotopic (exact) mass is 234 g/mol. The zero-order valence-corrected chi connectivity index (χ0v) is 12.6.